The van der Waals surface area contributed by atoms with Crippen LogP contribution in [0.2, 0.25) is 0 Å². The average molecular weight is 425 g/mol. The zero-order chi connectivity index (χ0) is 21.9. The summed E-state index contributed by atoms with van der Waals surface area (Å²) in [6.07, 6.45) is 3.48. The zero-order valence-electron chi connectivity index (χ0n) is 17.9. The monoisotopic (exact) mass is 425 g/mol. The maximum atomic E-state index is 5.22. The Balaban J connectivity index is 1.43. The van der Waals surface area contributed by atoms with Crippen molar-refractivity contribution in [2.45, 2.75) is 20.0 Å². The minimum atomic E-state index is 0.594. The Morgan fingerprint density at radius 3 is 2.69 bits per heavy atom. The summed E-state index contributed by atoms with van der Waals surface area (Å²) in [5.74, 6) is 1.69. The maximum Gasteiger partial charge on any atom is 0.155 e. The normalized spacial score (nSPS) is 11.2. The van der Waals surface area contributed by atoms with E-state index in [1.807, 2.05) is 55.6 Å². The van der Waals surface area contributed by atoms with E-state index in [0.29, 0.717) is 6.54 Å². The number of hydrogen-bond acceptors (Lipinski definition) is 6. The van der Waals surface area contributed by atoms with Crippen LogP contribution in [-0.2, 0) is 13.1 Å². The number of aryl methyl sites for hydroxylation is 1. The lowest BCUT2D eigenvalue weighted by Gasteiger charge is -2.04. The number of methoxy groups -OCH3 is 1. The van der Waals surface area contributed by atoms with Gasteiger partial charge in [0.1, 0.15) is 17.9 Å². The van der Waals surface area contributed by atoms with Crippen molar-refractivity contribution in [3.8, 4) is 28.4 Å². The van der Waals surface area contributed by atoms with Crippen LogP contribution < -0.4 is 10.1 Å². The molecule has 0 aliphatic rings. The van der Waals surface area contributed by atoms with Crippen LogP contribution in [0.3, 0.4) is 0 Å². The highest BCUT2D eigenvalue weighted by atomic mass is 16.5. The molecule has 0 spiro atoms. The summed E-state index contributed by atoms with van der Waals surface area (Å²) < 4.78 is 6.97. The summed E-state index contributed by atoms with van der Waals surface area (Å²) in [6, 6.07) is 18.0. The van der Waals surface area contributed by atoms with Crippen LogP contribution in [-0.4, -0.2) is 36.7 Å². The SMILES string of the molecule is COc1ccc(CNCc2nc(-c3ccc4ncnn4c3)c(-c3cccc(C)n3)[nH]2)cc1. The number of pyridine rings is 2. The summed E-state index contributed by atoms with van der Waals surface area (Å²) in [5.41, 5.74) is 6.44. The predicted molar refractivity (Wildman–Crippen MR) is 122 cm³/mol. The summed E-state index contributed by atoms with van der Waals surface area (Å²) in [7, 11) is 1.67. The molecule has 0 amide bonds. The van der Waals surface area contributed by atoms with Crippen molar-refractivity contribution in [2.24, 2.45) is 0 Å². The second kappa shape index (κ2) is 8.60. The summed E-state index contributed by atoms with van der Waals surface area (Å²) in [4.78, 5) is 17.3. The molecule has 4 heterocycles. The first-order valence-electron chi connectivity index (χ1n) is 10.4. The average Bonchev–Trinajstić information content (AvgIpc) is 3.46. The minimum absolute atomic E-state index is 0.594. The van der Waals surface area contributed by atoms with E-state index in [2.05, 4.69) is 32.5 Å². The van der Waals surface area contributed by atoms with Crippen LogP contribution in [0, 0.1) is 6.92 Å². The van der Waals surface area contributed by atoms with Crippen molar-refractivity contribution in [1.82, 2.24) is 34.9 Å². The smallest absolute Gasteiger partial charge is 0.155 e. The van der Waals surface area contributed by atoms with Crippen LogP contribution in [0.1, 0.15) is 17.1 Å². The molecule has 1 aromatic carbocycles. The first-order chi connectivity index (χ1) is 15.7. The number of imidazole rings is 1. The highest BCUT2D eigenvalue weighted by Gasteiger charge is 2.16. The molecule has 0 aliphatic heterocycles. The zero-order valence-corrected chi connectivity index (χ0v) is 17.9. The Labute approximate surface area is 185 Å². The topological polar surface area (TPSA) is 93.0 Å². The molecule has 8 heteroatoms. The van der Waals surface area contributed by atoms with Gasteiger partial charge in [-0.2, -0.15) is 5.10 Å². The van der Waals surface area contributed by atoms with Crippen LogP contribution in [0.4, 0.5) is 0 Å². The van der Waals surface area contributed by atoms with Crippen LogP contribution in [0.25, 0.3) is 28.3 Å². The van der Waals surface area contributed by atoms with E-state index in [1.54, 1.807) is 18.0 Å². The van der Waals surface area contributed by atoms with Crippen LogP contribution in [0.15, 0.2) is 67.1 Å². The van der Waals surface area contributed by atoms with Gasteiger partial charge in [-0.3, -0.25) is 4.98 Å². The largest absolute Gasteiger partial charge is 0.497 e. The standard InChI is InChI=1S/C24H23N7O/c1-16-4-3-5-20(28-16)24-23(18-8-11-22-26-15-27-31(22)14-18)29-21(30-24)13-25-12-17-6-9-19(32-2)10-7-17/h3-11,14-15,25H,12-13H2,1-2H3,(H,29,30). The molecule has 0 saturated heterocycles. The van der Waals surface area contributed by atoms with Crippen LogP contribution >= 0.6 is 0 Å². The molecule has 0 radical (unpaired) electrons. The second-order valence-electron chi connectivity index (χ2n) is 7.50. The lowest BCUT2D eigenvalue weighted by molar-refractivity contribution is 0.414. The second-order valence-corrected chi connectivity index (χ2v) is 7.50. The number of rotatable bonds is 7. The maximum absolute atomic E-state index is 5.22. The number of aromatic amines is 1. The van der Waals surface area contributed by atoms with Gasteiger partial charge in [0.05, 0.1) is 30.7 Å². The van der Waals surface area contributed by atoms with Gasteiger partial charge in [0.25, 0.3) is 0 Å². The fraction of sp³-hybridized carbons (Fsp3) is 0.167. The van der Waals surface area contributed by atoms with Gasteiger partial charge in [0.2, 0.25) is 0 Å². The first kappa shape index (κ1) is 19.9. The van der Waals surface area contributed by atoms with Crippen molar-refractivity contribution < 1.29 is 4.74 Å². The lowest BCUT2D eigenvalue weighted by Crippen LogP contribution is -2.13. The summed E-state index contributed by atoms with van der Waals surface area (Å²) in [6.45, 7) is 3.30. The van der Waals surface area contributed by atoms with E-state index in [0.717, 1.165) is 52.1 Å². The molecule has 0 atom stereocenters. The van der Waals surface area contributed by atoms with Crippen LogP contribution in [0.5, 0.6) is 5.75 Å². The third kappa shape index (κ3) is 4.08. The number of nitrogens with zero attached hydrogens (tertiary/aromatic N) is 5. The highest BCUT2D eigenvalue weighted by molar-refractivity contribution is 5.77. The predicted octanol–water partition coefficient (Wildman–Crippen LogP) is 3.79. The molecule has 4 aromatic heterocycles. The molecule has 5 rings (SSSR count). The number of nitrogens with one attached hydrogen (secondary N) is 2. The number of fused-ring (bicyclic) bond motifs is 1. The number of hydrogen-bond donors (Lipinski definition) is 2. The molecule has 160 valence electrons. The Morgan fingerprint density at radius 1 is 1.00 bits per heavy atom. The molecule has 0 saturated carbocycles. The van der Waals surface area contributed by atoms with Gasteiger partial charge < -0.3 is 15.0 Å². The number of H-pyrrole nitrogens is 1. The fourth-order valence-corrected chi connectivity index (χ4v) is 3.61. The van der Waals surface area contributed by atoms with Gasteiger partial charge in [-0.1, -0.05) is 18.2 Å². The van der Waals surface area contributed by atoms with Crippen molar-refractivity contribution in [3.63, 3.8) is 0 Å². The van der Waals surface area contributed by atoms with E-state index in [9.17, 15) is 0 Å². The van der Waals surface area contributed by atoms with E-state index < -0.39 is 0 Å². The third-order valence-corrected chi connectivity index (χ3v) is 5.23. The van der Waals surface area contributed by atoms with Gasteiger partial charge in [-0.15, -0.1) is 0 Å². The Hall–Kier alpha value is -4.04. The number of ether oxygens (including phenoxy) is 1. The van der Waals surface area contributed by atoms with Gasteiger partial charge in [0.15, 0.2) is 5.65 Å². The molecular formula is C24H23N7O. The van der Waals surface area contributed by atoms with Gasteiger partial charge in [0, 0.05) is 24.0 Å². The number of aromatic nitrogens is 6. The van der Waals surface area contributed by atoms with Crippen molar-refractivity contribution >= 4 is 5.65 Å². The lowest BCUT2D eigenvalue weighted by atomic mass is 10.1. The summed E-state index contributed by atoms with van der Waals surface area (Å²) >= 11 is 0. The Kier molecular flexibility index (Phi) is 5.35. The molecule has 0 unspecified atom stereocenters. The molecular weight excluding hydrogens is 402 g/mol. The Bertz CT molecular complexity index is 1350. The quantitative estimate of drug-likeness (QED) is 0.412. The molecule has 5 aromatic rings. The fourth-order valence-electron chi connectivity index (χ4n) is 3.61. The minimum Gasteiger partial charge on any atom is -0.497 e. The van der Waals surface area contributed by atoms with E-state index in [4.69, 9.17) is 14.7 Å². The van der Waals surface area contributed by atoms with E-state index in [-0.39, 0.29) is 0 Å². The van der Waals surface area contributed by atoms with Crippen molar-refractivity contribution in [3.05, 3.63) is 84.2 Å². The van der Waals surface area contributed by atoms with E-state index in [1.165, 1.54) is 5.56 Å². The molecule has 0 aliphatic carbocycles. The Morgan fingerprint density at radius 2 is 1.88 bits per heavy atom. The van der Waals surface area contributed by atoms with Crippen molar-refractivity contribution in [2.75, 3.05) is 7.11 Å². The first-order valence-corrected chi connectivity index (χ1v) is 10.4. The molecule has 0 bridgehead atoms. The molecule has 32 heavy (non-hydrogen) atoms. The van der Waals surface area contributed by atoms with Gasteiger partial charge >= 0.3 is 0 Å². The highest BCUT2D eigenvalue weighted by Crippen LogP contribution is 2.29. The van der Waals surface area contributed by atoms with E-state index >= 15 is 0 Å². The number of benzene rings is 1. The van der Waals surface area contributed by atoms with Gasteiger partial charge in [-0.05, 0) is 48.9 Å². The molecule has 8 nitrogen and oxygen atoms in total. The van der Waals surface area contributed by atoms with Gasteiger partial charge in [-0.25, -0.2) is 14.5 Å². The summed E-state index contributed by atoms with van der Waals surface area (Å²) in [5, 5.41) is 7.71. The third-order valence-electron chi connectivity index (χ3n) is 5.23. The molecule has 0 fully saturated rings. The van der Waals surface area contributed by atoms with Crippen molar-refractivity contribution in [1.29, 1.82) is 0 Å². The molecule has 2 N–H and O–H groups in total.